The molecule has 0 bridgehead atoms. The van der Waals surface area contributed by atoms with Crippen molar-refractivity contribution in [3.8, 4) is 39.3 Å². The molecule has 0 aliphatic heterocycles. The molecule has 0 aliphatic carbocycles. The zero-order valence-corrected chi connectivity index (χ0v) is 19.0. The minimum absolute atomic E-state index is 0.477. The van der Waals surface area contributed by atoms with Gasteiger partial charge in [0.2, 0.25) is 5.89 Å². The summed E-state index contributed by atoms with van der Waals surface area (Å²) in [5, 5.41) is 11.7. The van der Waals surface area contributed by atoms with Gasteiger partial charge in [0.1, 0.15) is 10.8 Å². The summed E-state index contributed by atoms with van der Waals surface area (Å²) in [6.07, 6.45) is 0. The molecule has 4 rings (SSSR count). The van der Waals surface area contributed by atoms with E-state index in [1.165, 1.54) is 11.8 Å². The Morgan fingerprint density at radius 3 is 2.52 bits per heavy atom. The summed E-state index contributed by atoms with van der Waals surface area (Å²) in [5.74, 6) is 3.31. The van der Waals surface area contributed by atoms with Crippen LogP contribution in [-0.2, 0) is 5.75 Å². The van der Waals surface area contributed by atoms with Gasteiger partial charge in [0, 0.05) is 22.3 Å². The predicted octanol–water partition coefficient (Wildman–Crippen LogP) is 5.57. The first-order valence-corrected chi connectivity index (χ1v) is 11.4. The lowest BCUT2D eigenvalue weighted by molar-refractivity contribution is 0.311. The van der Waals surface area contributed by atoms with Crippen LogP contribution in [0.4, 0.5) is 0 Å². The maximum atomic E-state index is 5.77. The molecule has 0 fully saturated rings. The zero-order valence-electron chi connectivity index (χ0n) is 17.3. The van der Waals surface area contributed by atoms with Gasteiger partial charge in [-0.3, -0.25) is 0 Å². The molecule has 4 aromatic rings. The summed E-state index contributed by atoms with van der Waals surface area (Å²) in [5.41, 5.74) is 2.78. The second kappa shape index (κ2) is 9.84. The number of nitrogens with zero attached hydrogens (tertiary/aromatic N) is 3. The van der Waals surface area contributed by atoms with Crippen molar-refractivity contribution in [3.63, 3.8) is 0 Å². The second-order valence-electron chi connectivity index (χ2n) is 6.33. The molecule has 31 heavy (non-hydrogen) atoms. The van der Waals surface area contributed by atoms with Crippen LogP contribution < -0.4 is 14.2 Å². The molecule has 160 valence electrons. The number of ether oxygens (including phenoxy) is 3. The Morgan fingerprint density at radius 2 is 1.77 bits per heavy atom. The van der Waals surface area contributed by atoms with Gasteiger partial charge in [0.25, 0.3) is 5.22 Å². The quantitative estimate of drug-likeness (QED) is 0.303. The second-order valence-corrected chi connectivity index (χ2v) is 8.12. The van der Waals surface area contributed by atoms with Gasteiger partial charge in [0.15, 0.2) is 11.5 Å². The van der Waals surface area contributed by atoms with Crippen LogP contribution in [0.15, 0.2) is 57.5 Å². The Balaban J connectivity index is 1.41. The highest BCUT2D eigenvalue weighted by Gasteiger charge is 2.13. The first-order valence-electron chi connectivity index (χ1n) is 9.56. The van der Waals surface area contributed by atoms with E-state index in [1.807, 2.05) is 54.8 Å². The van der Waals surface area contributed by atoms with Crippen molar-refractivity contribution in [1.82, 2.24) is 15.2 Å². The van der Waals surface area contributed by atoms with Gasteiger partial charge in [0.05, 0.1) is 26.5 Å². The van der Waals surface area contributed by atoms with Crippen molar-refractivity contribution in [3.05, 3.63) is 53.5 Å². The van der Waals surface area contributed by atoms with E-state index in [9.17, 15) is 0 Å². The number of hydrogen-bond acceptors (Lipinski definition) is 9. The number of rotatable bonds is 9. The Labute approximate surface area is 188 Å². The molecule has 9 heteroatoms. The third kappa shape index (κ3) is 5.00. The highest BCUT2D eigenvalue weighted by Crippen LogP contribution is 2.35. The Bertz CT molecular complexity index is 1140. The van der Waals surface area contributed by atoms with Crippen LogP contribution in [0.5, 0.6) is 17.2 Å². The highest BCUT2D eigenvalue weighted by molar-refractivity contribution is 7.98. The summed E-state index contributed by atoms with van der Waals surface area (Å²) in [7, 11) is 3.27. The Kier molecular flexibility index (Phi) is 6.73. The number of aromatic nitrogens is 3. The molecule has 2 aromatic carbocycles. The maximum Gasteiger partial charge on any atom is 0.277 e. The SMILES string of the molecule is CCOc1ccc(-c2nc(CSc3nnc(-c4ccc(OC)cc4)o3)cs2)cc1OC. The topological polar surface area (TPSA) is 79.5 Å². The molecule has 0 amide bonds. The fourth-order valence-corrected chi connectivity index (χ4v) is 4.41. The standard InChI is InChI=1S/C22H21N3O4S2/c1-4-28-18-10-7-15(11-19(18)27-3)21-23-16(12-30-21)13-31-22-25-24-20(29-22)14-5-8-17(26-2)9-6-14/h5-12H,4,13H2,1-3H3. The Morgan fingerprint density at radius 1 is 0.968 bits per heavy atom. The van der Waals surface area contributed by atoms with Crippen LogP contribution in [0.3, 0.4) is 0 Å². The van der Waals surface area contributed by atoms with E-state index in [4.69, 9.17) is 23.6 Å². The van der Waals surface area contributed by atoms with Gasteiger partial charge >= 0.3 is 0 Å². The molecule has 2 aromatic heterocycles. The van der Waals surface area contributed by atoms with Crippen molar-refractivity contribution >= 4 is 23.1 Å². The van der Waals surface area contributed by atoms with Gasteiger partial charge in [-0.15, -0.1) is 21.5 Å². The van der Waals surface area contributed by atoms with Gasteiger partial charge in [-0.05, 0) is 49.4 Å². The van der Waals surface area contributed by atoms with Gasteiger partial charge in [-0.2, -0.15) is 0 Å². The summed E-state index contributed by atoms with van der Waals surface area (Å²) in [6.45, 7) is 2.53. The molecular formula is C22H21N3O4S2. The molecule has 0 aliphatic rings. The van der Waals surface area contributed by atoms with Crippen molar-refractivity contribution in [2.24, 2.45) is 0 Å². The smallest absolute Gasteiger partial charge is 0.277 e. The third-order valence-electron chi connectivity index (χ3n) is 4.35. The van der Waals surface area contributed by atoms with Crippen LogP contribution >= 0.6 is 23.1 Å². The predicted molar refractivity (Wildman–Crippen MR) is 121 cm³/mol. The van der Waals surface area contributed by atoms with E-state index in [0.717, 1.165) is 33.3 Å². The monoisotopic (exact) mass is 455 g/mol. The van der Waals surface area contributed by atoms with E-state index < -0.39 is 0 Å². The number of thiazole rings is 1. The summed E-state index contributed by atoms with van der Waals surface area (Å²) >= 11 is 3.04. The molecule has 0 N–H and O–H groups in total. The van der Waals surface area contributed by atoms with Gasteiger partial charge < -0.3 is 18.6 Å². The molecule has 0 unspecified atom stereocenters. The van der Waals surface area contributed by atoms with Crippen LogP contribution in [0.25, 0.3) is 22.0 Å². The average Bonchev–Trinajstić information content (AvgIpc) is 3.48. The van der Waals surface area contributed by atoms with Crippen molar-refractivity contribution in [1.29, 1.82) is 0 Å². The van der Waals surface area contributed by atoms with E-state index in [2.05, 4.69) is 10.2 Å². The van der Waals surface area contributed by atoms with Crippen LogP contribution in [0.2, 0.25) is 0 Å². The van der Waals surface area contributed by atoms with E-state index in [1.54, 1.807) is 25.6 Å². The van der Waals surface area contributed by atoms with Crippen molar-refractivity contribution in [2.45, 2.75) is 17.9 Å². The highest BCUT2D eigenvalue weighted by atomic mass is 32.2. The summed E-state index contributed by atoms with van der Waals surface area (Å²) in [4.78, 5) is 4.73. The van der Waals surface area contributed by atoms with Crippen LogP contribution in [0.1, 0.15) is 12.6 Å². The molecule has 7 nitrogen and oxygen atoms in total. The molecule has 0 saturated carbocycles. The lowest BCUT2D eigenvalue weighted by Gasteiger charge is -2.09. The first kappa shape index (κ1) is 21.2. The fraction of sp³-hybridized carbons (Fsp3) is 0.227. The van der Waals surface area contributed by atoms with E-state index >= 15 is 0 Å². The van der Waals surface area contributed by atoms with E-state index in [-0.39, 0.29) is 0 Å². The molecule has 0 atom stereocenters. The minimum atomic E-state index is 0.477. The number of thioether (sulfide) groups is 1. The number of methoxy groups -OCH3 is 2. The third-order valence-corrected chi connectivity index (χ3v) is 6.14. The maximum absolute atomic E-state index is 5.77. The van der Waals surface area contributed by atoms with Crippen LogP contribution in [0, 0.1) is 0 Å². The van der Waals surface area contributed by atoms with Gasteiger partial charge in [-0.25, -0.2) is 4.98 Å². The van der Waals surface area contributed by atoms with Crippen molar-refractivity contribution < 1.29 is 18.6 Å². The lowest BCUT2D eigenvalue weighted by atomic mass is 10.2. The largest absolute Gasteiger partial charge is 0.497 e. The number of benzene rings is 2. The molecule has 2 heterocycles. The Hall–Kier alpha value is -3.04. The lowest BCUT2D eigenvalue weighted by Crippen LogP contribution is -1.95. The molecule has 0 saturated heterocycles. The average molecular weight is 456 g/mol. The van der Waals surface area contributed by atoms with Crippen molar-refractivity contribution in [2.75, 3.05) is 20.8 Å². The molecular weight excluding hydrogens is 434 g/mol. The minimum Gasteiger partial charge on any atom is -0.497 e. The first-order chi connectivity index (χ1) is 15.2. The van der Waals surface area contributed by atoms with E-state index in [0.29, 0.717) is 29.2 Å². The summed E-state index contributed by atoms with van der Waals surface area (Å²) in [6, 6.07) is 13.3. The normalized spacial score (nSPS) is 10.8. The summed E-state index contributed by atoms with van der Waals surface area (Å²) < 4.78 is 22.0. The molecule has 0 spiro atoms. The van der Waals surface area contributed by atoms with Crippen LogP contribution in [-0.4, -0.2) is 36.0 Å². The number of hydrogen-bond donors (Lipinski definition) is 0. The van der Waals surface area contributed by atoms with Gasteiger partial charge in [-0.1, -0.05) is 11.8 Å². The fourth-order valence-electron chi connectivity index (χ4n) is 2.84. The molecule has 0 radical (unpaired) electrons. The zero-order chi connectivity index (χ0) is 21.6.